The SMILES string of the molecule is CNC(=O)N1C[C@H]2N(c3ncccn3)CCC[C@@]2(C(=O)NCC2CC2)C1. The summed E-state index contributed by atoms with van der Waals surface area (Å²) in [7, 11) is 1.63. The maximum absolute atomic E-state index is 13.2. The first-order chi connectivity index (χ1) is 12.6. The molecular formula is C18H26N6O2. The molecule has 0 aromatic carbocycles. The first-order valence-corrected chi connectivity index (χ1v) is 9.42. The highest BCUT2D eigenvalue weighted by Crippen LogP contribution is 2.43. The lowest BCUT2D eigenvalue weighted by atomic mass is 9.74. The molecule has 2 saturated heterocycles. The van der Waals surface area contributed by atoms with Crippen LogP contribution in [0.1, 0.15) is 25.7 Å². The lowest BCUT2D eigenvalue weighted by Gasteiger charge is -2.44. The highest BCUT2D eigenvalue weighted by atomic mass is 16.2. The maximum Gasteiger partial charge on any atom is 0.317 e. The van der Waals surface area contributed by atoms with E-state index in [1.165, 1.54) is 12.8 Å². The largest absolute Gasteiger partial charge is 0.355 e. The van der Waals surface area contributed by atoms with Gasteiger partial charge in [0.15, 0.2) is 0 Å². The number of amides is 3. The molecule has 0 spiro atoms. The van der Waals surface area contributed by atoms with Crippen molar-refractivity contribution in [2.24, 2.45) is 11.3 Å². The second-order valence-corrected chi connectivity index (χ2v) is 7.61. The molecule has 4 rings (SSSR count). The van der Waals surface area contributed by atoms with E-state index >= 15 is 0 Å². The van der Waals surface area contributed by atoms with E-state index in [4.69, 9.17) is 0 Å². The van der Waals surface area contributed by atoms with Gasteiger partial charge in [-0.1, -0.05) is 0 Å². The average molecular weight is 358 g/mol. The van der Waals surface area contributed by atoms with Crippen LogP contribution in [0.4, 0.5) is 10.7 Å². The third kappa shape index (κ3) is 2.97. The summed E-state index contributed by atoms with van der Waals surface area (Å²) in [5, 5.41) is 5.85. The van der Waals surface area contributed by atoms with Crippen LogP contribution in [0.2, 0.25) is 0 Å². The molecule has 3 amide bonds. The zero-order chi connectivity index (χ0) is 18.1. The number of likely N-dealkylation sites (tertiary alicyclic amines) is 1. The molecular weight excluding hydrogens is 332 g/mol. The standard InChI is InChI=1S/C18H26N6O2/c1-19-17(26)23-11-14-18(12-23,15(25)22-10-13-4-5-13)6-2-9-24(14)16-20-7-3-8-21-16/h3,7-8,13-14H,2,4-6,9-12H2,1H3,(H,19,26)(H,22,25)/t14-,18-/m1/s1. The minimum Gasteiger partial charge on any atom is -0.355 e. The third-order valence-corrected chi connectivity index (χ3v) is 5.91. The average Bonchev–Trinajstić information content (AvgIpc) is 3.42. The molecule has 1 aliphatic carbocycles. The van der Waals surface area contributed by atoms with Crippen LogP contribution in [0, 0.1) is 11.3 Å². The van der Waals surface area contributed by atoms with Gasteiger partial charge in [0.1, 0.15) is 0 Å². The number of aromatic nitrogens is 2. The van der Waals surface area contributed by atoms with Crippen LogP contribution in [0.5, 0.6) is 0 Å². The lowest BCUT2D eigenvalue weighted by molar-refractivity contribution is -0.132. The van der Waals surface area contributed by atoms with Gasteiger partial charge in [-0.2, -0.15) is 0 Å². The number of carbonyl (C=O) groups is 2. The summed E-state index contributed by atoms with van der Waals surface area (Å²) < 4.78 is 0. The summed E-state index contributed by atoms with van der Waals surface area (Å²) in [6, 6.07) is 1.55. The minimum absolute atomic E-state index is 0.0708. The van der Waals surface area contributed by atoms with E-state index in [1.807, 2.05) is 0 Å². The Morgan fingerprint density at radius 2 is 2.08 bits per heavy atom. The predicted octanol–water partition coefficient (Wildman–Crippen LogP) is 0.613. The molecule has 140 valence electrons. The number of nitrogens with zero attached hydrogens (tertiary/aromatic N) is 4. The second-order valence-electron chi connectivity index (χ2n) is 7.61. The fraction of sp³-hybridized carbons (Fsp3) is 0.667. The normalized spacial score (nSPS) is 27.8. The van der Waals surface area contributed by atoms with E-state index in [-0.39, 0.29) is 18.0 Å². The van der Waals surface area contributed by atoms with Crippen LogP contribution in [-0.4, -0.2) is 66.1 Å². The molecule has 0 unspecified atom stereocenters. The molecule has 3 aliphatic rings. The Labute approximate surface area is 153 Å². The van der Waals surface area contributed by atoms with Crippen molar-refractivity contribution in [3.05, 3.63) is 18.5 Å². The molecule has 1 aromatic rings. The molecule has 0 radical (unpaired) electrons. The van der Waals surface area contributed by atoms with Crippen LogP contribution < -0.4 is 15.5 Å². The first-order valence-electron chi connectivity index (χ1n) is 9.42. The summed E-state index contributed by atoms with van der Waals surface area (Å²) in [5.74, 6) is 1.33. The predicted molar refractivity (Wildman–Crippen MR) is 96.6 cm³/mol. The van der Waals surface area contributed by atoms with Gasteiger partial charge in [0, 0.05) is 45.6 Å². The molecule has 2 aliphatic heterocycles. The van der Waals surface area contributed by atoms with Gasteiger partial charge in [-0.25, -0.2) is 14.8 Å². The van der Waals surface area contributed by atoms with E-state index in [0.29, 0.717) is 25.0 Å². The van der Waals surface area contributed by atoms with Crippen molar-refractivity contribution in [3.63, 3.8) is 0 Å². The van der Waals surface area contributed by atoms with Crippen LogP contribution in [0.3, 0.4) is 0 Å². The number of rotatable bonds is 4. The van der Waals surface area contributed by atoms with Crippen molar-refractivity contribution in [2.45, 2.75) is 31.7 Å². The number of hydrogen-bond donors (Lipinski definition) is 2. The van der Waals surface area contributed by atoms with Crippen molar-refractivity contribution in [2.75, 3.05) is 38.1 Å². The molecule has 2 atom stereocenters. The fourth-order valence-electron chi connectivity index (χ4n) is 4.32. The molecule has 0 bridgehead atoms. The molecule has 8 nitrogen and oxygen atoms in total. The summed E-state index contributed by atoms with van der Waals surface area (Å²) in [6.07, 6.45) is 7.50. The number of urea groups is 1. The van der Waals surface area contributed by atoms with E-state index in [0.717, 1.165) is 25.9 Å². The number of nitrogens with one attached hydrogen (secondary N) is 2. The van der Waals surface area contributed by atoms with Gasteiger partial charge in [0.2, 0.25) is 11.9 Å². The van der Waals surface area contributed by atoms with Crippen molar-refractivity contribution in [1.82, 2.24) is 25.5 Å². The molecule has 8 heteroatoms. The lowest BCUT2D eigenvalue weighted by Crippen LogP contribution is -2.59. The number of piperidine rings is 1. The first kappa shape index (κ1) is 17.1. The Morgan fingerprint density at radius 3 is 2.77 bits per heavy atom. The summed E-state index contributed by atoms with van der Waals surface area (Å²) in [6.45, 7) is 2.50. The Hall–Kier alpha value is -2.38. The minimum atomic E-state index is -0.598. The van der Waals surface area contributed by atoms with Gasteiger partial charge in [0.05, 0.1) is 11.5 Å². The fourth-order valence-corrected chi connectivity index (χ4v) is 4.32. The highest BCUT2D eigenvalue weighted by molar-refractivity contribution is 5.87. The number of hydrogen-bond acceptors (Lipinski definition) is 5. The maximum atomic E-state index is 13.2. The molecule has 26 heavy (non-hydrogen) atoms. The monoisotopic (exact) mass is 358 g/mol. The van der Waals surface area contributed by atoms with Gasteiger partial charge in [-0.15, -0.1) is 0 Å². The van der Waals surface area contributed by atoms with E-state index in [1.54, 1.807) is 30.4 Å². The summed E-state index contributed by atoms with van der Waals surface area (Å²) in [4.78, 5) is 38.2. The molecule has 3 heterocycles. The van der Waals surface area contributed by atoms with Crippen molar-refractivity contribution < 1.29 is 9.59 Å². The van der Waals surface area contributed by atoms with Crippen LogP contribution in [0.25, 0.3) is 0 Å². The van der Waals surface area contributed by atoms with Crippen molar-refractivity contribution in [3.8, 4) is 0 Å². The van der Waals surface area contributed by atoms with Crippen molar-refractivity contribution >= 4 is 17.9 Å². The van der Waals surface area contributed by atoms with Gasteiger partial charge < -0.3 is 20.4 Å². The zero-order valence-electron chi connectivity index (χ0n) is 15.1. The Kier molecular flexibility index (Phi) is 4.42. The Balaban J connectivity index is 1.62. The number of fused-ring (bicyclic) bond motifs is 1. The van der Waals surface area contributed by atoms with E-state index in [2.05, 4.69) is 25.5 Å². The molecule has 3 fully saturated rings. The van der Waals surface area contributed by atoms with E-state index < -0.39 is 5.41 Å². The Bertz CT molecular complexity index is 680. The van der Waals surface area contributed by atoms with Crippen LogP contribution >= 0.6 is 0 Å². The van der Waals surface area contributed by atoms with E-state index in [9.17, 15) is 9.59 Å². The van der Waals surface area contributed by atoms with Crippen molar-refractivity contribution in [1.29, 1.82) is 0 Å². The molecule has 1 aromatic heterocycles. The van der Waals surface area contributed by atoms with Gasteiger partial charge in [-0.05, 0) is 37.7 Å². The van der Waals surface area contributed by atoms with Crippen LogP contribution in [0.15, 0.2) is 18.5 Å². The third-order valence-electron chi connectivity index (χ3n) is 5.91. The summed E-state index contributed by atoms with van der Waals surface area (Å²) >= 11 is 0. The molecule has 2 N–H and O–H groups in total. The summed E-state index contributed by atoms with van der Waals surface area (Å²) in [5.41, 5.74) is -0.598. The Morgan fingerprint density at radius 1 is 1.31 bits per heavy atom. The van der Waals surface area contributed by atoms with Crippen LogP contribution in [-0.2, 0) is 4.79 Å². The smallest absolute Gasteiger partial charge is 0.317 e. The zero-order valence-corrected chi connectivity index (χ0v) is 15.1. The van der Waals surface area contributed by atoms with Gasteiger partial charge in [-0.3, -0.25) is 4.79 Å². The second kappa shape index (κ2) is 6.74. The highest BCUT2D eigenvalue weighted by Gasteiger charge is 2.57. The van der Waals surface area contributed by atoms with Gasteiger partial charge in [0.25, 0.3) is 0 Å². The quantitative estimate of drug-likeness (QED) is 0.823. The number of carbonyl (C=O) groups excluding carboxylic acids is 2. The van der Waals surface area contributed by atoms with Gasteiger partial charge >= 0.3 is 6.03 Å². The number of anilines is 1. The molecule has 1 saturated carbocycles. The topological polar surface area (TPSA) is 90.5 Å².